The summed E-state index contributed by atoms with van der Waals surface area (Å²) < 4.78 is 2.27. The third kappa shape index (κ3) is 5.32. The first-order chi connectivity index (χ1) is 14.6. The summed E-state index contributed by atoms with van der Waals surface area (Å²) in [5, 5.41) is 11.9. The number of aryl methyl sites for hydroxylation is 1. The first kappa shape index (κ1) is 21.1. The van der Waals surface area contributed by atoms with E-state index in [2.05, 4.69) is 70.4 Å². The number of benzene rings is 1. The standard InChI is InChI=1S/C23H28N4OS2/c1-3-12-26(15-18-8-6-17(2)7-9-18)22(28)16-30-23-25-24-21(27(23)19-10-11-19)14-20-5-4-13-29-20/h4-9,13,19H,3,10-12,14-16H2,1-2H3. The lowest BCUT2D eigenvalue weighted by atomic mass is 10.1. The first-order valence-electron chi connectivity index (χ1n) is 10.6. The van der Waals surface area contributed by atoms with E-state index in [1.807, 2.05) is 4.90 Å². The molecule has 30 heavy (non-hydrogen) atoms. The highest BCUT2D eigenvalue weighted by Crippen LogP contribution is 2.39. The van der Waals surface area contributed by atoms with Gasteiger partial charge in [0.2, 0.25) is 5.91 Å². The van der Waals surface area contributed by atoms with Gasteiger partial charge in [0.05, 0.1) is 5.75 Å². The van der Waals surface area contributed by atoms with Crippen LogP contribution in [-0.2, 0) is 17.8 Å². The lowest BCUT2D eigenvalue weighted by Gasteiger charge is -2.22. The second kappa shape index (κ2) is 9.79. The molecule has 0 aliphatic heterocycles. The Morgan fingerprint density at radius 1 is 1.23 bits per heavy atom. The van der Waals surface area contributed by atoms with Crippen LogP contribution in [0, 0.1) is 6.92 Å². The van der Waals surface area contributed by atoms with Crippen molar-refractivity contribution < 1.29 is 4.79 Å². The number of thiophene rings is 1. The fourth-order valence-electron chi connectivity index (χ4n) is 3.49. The molecule has 2 aromatic heterocycles. The van der Waals surface area contributed by atoms with Crippen LogP contribution in [0.5, 0.6) is 0 Å². The molecular weight excluding hydrogens is 412 g/mol. The van der Waals surface area contributed by atoms with Gasteiger partial charge in [-0.25, -0.2) is 0 Å². The van der Waals surface area contributed by atoms with Crippen LogP contribution in [-0.4, -0.2) is 37.9 Å². The lowest BCUT2D eigenvalue weighted by Crippen LogP contribution is -2.32. The Morgan fingerprint density at radius 3 is 2.70 bits per heavy atom. The molecule has 0 atom stereocenters. The van der Waals surface area contributed by atoms with Gasteiger partial charge in [-0.2, -0.15) is 0 Å². The van der Waals surface area contributed by atoms with E-state index in [9.17, 15) is 4.79 Å². The predicted octanol–water partition coefficient (Wildman–Crippen LogP) is 5.10. The van der Waals surface area contributed by atoms with Crippen LogP contribution in [0.3, 0.4) is 0 Å². The first-order valence-corrected chi connectivity index (χ1v) is 12.4. The number of nitrogens with zero attached hydrogens (tertiary/aromatic N) is 4. The van der Waals surface area contributed by atoms with Crippen molar-refractivity contribution in [2.45, 2.75) is 57.3 Å². The number of thioether (sulfide) groups is 1. The van der Waals surface area contributed by atoms with Gasteiger partial charge in [-0.15, -0.1) is 21.5 Å². The molecule has 1 saturated carbocycles. The molecule has 0 N–H and O–H groups in total. The van der Waals surface area contributed by atoms with Gasteiger partial charge in [-0.1, -0.05) is 54.6 Å². The third-order valence-corrected chi connectivity index (χ3v) is 7.03. The Kier molecular flexibility index (Phi) is 6.89. The Hall–Kier alpha value is -2.12. The van der Waals surface area contributed by atoms with Crippen molar-refractivity contribution in [3.05, 3.63) is 63.6 Å². The molecule has 4 rings (SSSR count). The molecule has 2 heterocycles. The minimum absolute atomic E-state index is 0.160. The van der Waals surface area contributed by atoms with Crippen molar-refractivity contribution >= 4 is 29.0 Å². The zero-order valence-corrected chi connectivity index (χ0v) is 19.2. The maximum atomic E-state index is 13.0. The smallest absolute Gasteiger partial charge is 0.233 e. The quantitative estimate of drug-likeness (QED) is 0.411. The van der Waals surface area contributed by atoms with Gasteiger partial charge in [0, 0.05) is 30.4 Å². The van der Waals surface area contributed by atoms with Gasteiger partial charge in [0.25, 0.3) is 0 Å². The summed E-state index contributed by atoms with van der Waals surface area (Å²) in [4.78, 5) is 16.2. The average Bonchev–Trinajstić information content (AvgIpc) is 3.29. The van der Waals surface area contributed by atoms with Gasteiger partial charge in [0.1, 0.15) is 5.82 Å². The lowest BCUT2D eigenvalue weighted by molar-refractivity contribution is -0.129. The van der Waals surface area contributed by atoms with Gasteiger partial charge in [-0.3, -0.25) is 4.79 Å². The summed E-state index contributed by atoms with van der Waals surface area (Å²) in [6.07, 6.45) is 4.11. The van der Waals surface area contributed by atoms with E-state index in [0.717, 1.165) is 30.4 Å². The van der Waals surface area contributed by atoms with Crippen LogP contribution >= 0.6 is 23.1 Å². The molecule has 0 unspecified atom stereocenters. The molecule has 1 aliphatic carbocycles. The van der Waals surface area contributed by atoms with Crippen molar-refractivity contribution in [1.82, 2.24) is 19.7 Å². The third-order valence-electron chi connectivity index (χ3n) is 5.22. The van der Waals surface area contributed by atoms with E-state index in [4.69, 9.17) is 0 Å². The van der Waals surface area contributed by atoms with E-state index in [1.165, 1.54) is 40.6 Å². The van der Waals surface area contributed by atoms with Crippen LogP contribution in [0.4, 0.5) is 0 Å². The fraction of sp³-hybridized carbons (Fsp3) is 0.435. The molecule has 0 spiro atoms. The van der Waals surface area contributed by atoms with Crippen LogP contribution < -0.4 is 0 Å². The van der Waals surface area contributed by atoms with E-state index in [1.54, 1.807) is 11.3 Å². The maximum Gasteiger partial charge on any atom is 0.233 e. The second-order valence-electron chi connectivity index (χ2n) is 7.85. The number of hydrogen-bond acceptors (Lipinski definition) is 5. The van der Waals surface area contributed by atoms with E-state index >= 15 is 0 Å². The molecule has 1 aromatic carbocycles. The van der Waals surface area contributed by atoms with E-state index < -0.39 is 0 Å². The summed E-state index contributed by atoms with van der Waals surface area (Å²) >= 11 is 3.27. The highest BCUT2D eigenvalue weighted by atomic mass is 32.2. The fourth-order valence-corrected chi connectivity index (χ4v) is 5.12. The monoisotopic (exact) mass is 440 g/mol. The summed E-state index contributed by atoms with van der Waals surface area (Å²) in [7, 11) is 0. The Labute approximate surface area is 186 Å². The minimum atomic E-state index is 0.160. The topological polar surface area (TPSA) is 51.0 Å². The summed E-state index contributed by atoms with van der Waals surface area (Å²) in [6, 6.07) is 13.1. The van der Waals surface area contributed by atoms with Crippen molar-refractivity contribution in [3.8, 4) is 0 Å². The van der Waals surface area contributed by atoms with Crippen LogP contribution in [0.15, 0.2) is 46.9 Å². The van der Waals surface area contributed by atoms with Crippen LogP contribution in [0.25, 0.3) is 0 Å². The highest BCUT2D eigenvalue weighted by molar-refractivity contribution is 7.99. The van der Waals surface area contributed by atoms with Gasteiger partial charge in [0.15, 0.2) is 5.16 Å². The molecule has 7 heteroatoms. The normalized spacial score (nSPS) is 13.5. The number of rotatable bonds is 10. The summed E-state index contributed by atoms with van der Waals surface area (Å²) in [5.41, 5.74) is 2.41. The molecule has 0 bridgehead atoms. The van der Waals surface area contributed by atoms with Gasteiger partial charge < -0.3 is 9.47 Å². The van der Waals surface area contributed by atoms with E-state index in [-0.39, 0.29) is 5.91 Å². The van der Waals surface area contributed by atoms with Crippen molar-refractivity contribution in [2.24, 2.45) is 0 Å². The number of carbonyl (C=O) groups excluding carboxylic acids is 1. The molecule has 0 saturated heterocycles. The number of hydrogen-bond donors (Lipinski definition) is 0. The largest absolute Gasteiger partial charge is 0.338 e. The summed E-state index contributed by atoms with van der Waals surface area (Å²) in [6.45, 7) is 5.62. The molecule has 1 amide bonds. The second-order valence-corrected chi connectivity index (χ2v) is 9.82. The number of carbonyl (C=O) groups is 1. The molecule has 3 aromatic rings. The predicted molar refractivity (Wildman–Crippen MR) is 123 cm³/mol. The number of amides is 1. The van der Waals surface area contributed by atoms with Crippen molar-refractivity contribution in [3.63, 3.8) is 0 Å². The number of aromatic nitrogens is 3. The maximum absolute atomic E-state index is 13.0. The summed E-state index contributed by atoms with van der Waals surface area (Å²) in [5.74, 6) is 1.57. The van der Waals surface area contributed by atoms with Gasteiger partial charge in [-0.05, 0) is 43.2 Å². The van der Waals surface area contributed by atoms with Crippen LogP contribution in [0.1, 0.15) is 54.1 Å². The zero-order valence-electron chi connectivity index (χ0n) is 17.6. The Balaban J connectivity index is 1.41. The van der Waals surface area contributed by atoms with Gasteiger partial charge >= 0.3 is 0 Å². The Morgan fingerprint density at radius 2 is 2.03 bits per heavy atom. The molecule has 0 radical (unpaired) electrons. The van der Waals surface area contributed by atoms with Crippen molar-refractivity contribution in [2.75, 3.05) is 12.3 Å². The zero-order chi connectivity index (χ0) is 20.9. The van der Waals surface area contributed by atoms with Crippen LogP contribution in [0.2, 0.25) is 0 Å². The molecule has 5 nitrogen and oxygen atoms in total. The van der Waals surface area contributed by atoms with E-state index in [0.29, 0.717) is 18.3 Å². The molecule has 158 valence electrons. The molecule has 1 fully saturated rings. The van der Waals surface area contributed by atoms with Crippen molar-refractivity contribution in [1.29, 1.82) is 0 Å². The minimum Gasteiger partial charge on any atom is -0.338 e. The molecule has 1 aliphatic rings. The molecular formula is C23H28N4OS2. The average molecular weight is 441 g/mol. The SMILES string of the molecule is CCCN(Cc1ccc(C)cc1)C(=O)CSc1nnc(Cc2cccs2)n1C1CC1. The highest BCUT2D eigenvalue weighted by Gasteiger charge is 2.30. The Bertz CT molecular complexity index is 962.